The zero-order valence-electron chi connectivity index (χ0n) is 11.0. The molecule has 0 unspecified atom stereocenters. The van der Waals surface area contributed by atoms with Crippen LogP contribution in [0.4, 0.5) is 11.4 Å². The van der Waals surface area contributed by atoms with Crippen molar-refractivity contribution < 1.29 is 17.9 Å². The van der Waals surface area contributed by atoms with E-state index >= 15 is 0 Å². The van der Waals surface area contributed by atoms with Crippen LogP contribution in [0.15, 0.2) is 18.2 Å². The Morgan fingerprint density at radius 2 is 2.11 bits per heavy atom. The quantitative estimate of drug-likeness (QED) is 0.606. The van der Waals surface area contributed by atoms with Crippen molar-refractivity contribution in [1.29, 1.82) is 0 Å². The standard InChI is InChI=1S/C12H18N2O4S/c1-9-10(13)5-3-6-11(9)14-19(16,17)8-4-7-12(15)18-2/h3,5-6,14H,4,7-8,13H2,1-2H3. The topological polar surface area (TPSA) is 98.5 Å². The van der Waals surface area contributed by atoms with Crippen molar-refractivity contribution in [1.82, 2.24) is 0 Å². The number of esters is 1. The molecule has 0 heterocycles. The number of carbonyl (C=O) groups is 1. The zero-order chi connectivity index (χ0) is 14.5. The van der Waals surface area contributed by atoms with Crippen LogP contribution < -0.4 is 10.5 Å². The number of ether oxygens (including phenoxy) is 1. The summed E-state index contributed by atoms with van der Waals surface area (Å²) >= 11 is 0. The molecule has 3 N–H and O–H groups in total. The summed E-state index contributed by atoms with van der Waals surface area (Å²) in [7, 11) is -2.22. The van der Waals surface area contributed by atoms with Gasteiger partial charge in [0.05, 0.1) is 18.6 Å². The van der Waals surface area contributed by atoms with Gasteiger partial charge >= 0.3 is 5.97 Å². The number of nitrogens with two attached hydrogens (primary N) is 1. The van der Waals surface area contributed by atoms with E-state index in [0.29, 0.717) is 16.9 Å². The SMILES string of the molecule is COC(=O)CCCS(=O)(=O)Nc1cccc(N)c1C. The molecule has 1 aromatic carbocycles. The summed E-state index contributed by atoms with van der Waals surface area (Å²) in [6, 6.07) is 5.02. The molecule has 0 atom stereocenters. The minimum Gasteiger partial charge on any atom is -0.469 e. The number of anilines is 2. The Kier molecular flexibility index (Phi) is 5.17. The van der Waals surface area contributed by atoms with Gasteiger partial charge in [-0.05, 0) is 31.0 Å². The van der Waals surface area contributed by atoms with Crippen molar-refractivity contribution in [3.8, 4) is 0 Å². The van der Waals surface area contributed by atoms with Crippen molar-refractivity contribution >= 4 is 27.4 Å². The summed E-state index contributed by atoms with van der Waals surface area (Å²) < 4.78 is 30.6. The Morgan fingerprint density at radius 3 is 2.74 bits per heavy atom. The summed E-state index contributed by atoms with van der Waals surface area (Å²) in [6.45, 7) is 1.74. The molecule has 0 saturated heterocycles. The smallest absolute Gasteiger partial charge is 0.305 e. The number of sulfonamides is 1. The minimum absolute atomic E-state index is 0.0767. The Balaban J connectivity index is 2.64. The molecule has 6 nitrogen and oxygen atoms in total. The van der Waals surface area contributed by atoms with E-state index in [9.17, 15) is 13.2 Å². The van der Waals surface area contributed by atoms with Crippen molar-refractivity contribution in [3.63, 3.8) is 0 Å². The Morgan fingerprint density at radius 1 is 1.42 bits per heavy atom. The van der Waals surface area contributed by atoms with Gasteiger partial charge in [-0.1, -0.05) is 6.07 Å². The van der Waals surface area contributed by atoms with Crippen LogP contribution in [0, 0.1) is 6.92 Å². The molecule has 0 aliphatic rings. The minimum atomic E-state index is -3.49. The number of rotatable bonds is 6. The first-order valence-electron chi connectivity index (χ1n) is 5.78. The molecule has 0 saturated carbocycles. The number of hydrogen-bond donors (Lipinski definition) is 2. The first kappa shape index (κ1) is 15.3. The predicted octanol–water partition coefficient (Wildman–Crippen LogP) is 1.27. The summed E-state index contributed by atoms with van der Waals surface area (Å²) in [4.78, 5) is 10.9. The van der Waals surface area contributed by atoms with Gasteiger partial charge in [-0.2, -0.15) is 0 Å². The van der Waals surface area contributed by atoms with Crippen LogP contribution in [0.3, 0.4) is 0 Å². The van der Waals surface area contributed by atoms with E-state index < -0.39 is 16.0 Å². The van der Waals surface area contributed by atoms with Crippen LogP contribution in [0.25, 0.3) is 0 Å². The van der Waals surface area contributed by atoms with Crippen molar-refractivity contribution in [3.05, 3.63) is 23.8 Å². The van der Waals surface area contributed by atoms with Crippen LogP contribution in [-0.4, -0.2) is 27.2 Å². The van der Waals surface area contributed by atoms with Gasteiger partial charge in [-0.3, -0.25) is 9.52 Å². The molecule has 0 aliphatic carbocycles. The van der Waals surface area contributed by atoms with E-state index in [1.54, 1.807) is 25.1 Å². The lowest BCUT2D eigenvalue weighted by Crippen LogP contribution is -2.18. The zero-order valence-corrected chi connectivity index (χ0v) is 11.8. The molecule has 19 heavy (non-hydrogen) atoms. The van der Waals surface area contributed by atoms with E-state index in [0.717, 1.165) is 0 Å². The molecule has 0 bridgehead atoms. The van der Waals surface area contributed by atoms with E-state index in [1.807, 2.05) is 0 Å². The lowest BCUT2D eigenvalue weighted by Gasteiger charge is -2.11. The first-order valence-corrected chi connectivity index (χ1v) is 7.43. The third-order valence-electron chi connectivity index (χ3n) is 2.66. The second kappa shape index (κ2) is 6.42. The van der Waals surface area contributed by atoms with E-state index in [1.165, 1.54) is 7.11 Å². The van der Waals surface area contributed by atoms with Gasteiger partial charge in [0.25, 0.3) is 0 Å². The van der Waals surface area contributed by atoms with Gasteiger partial charge in [0, 0.05) is 12.1 Å². The third kappa shape index (κ3) is 4.78. The number of hydrogen-bond acceptors (Lipinski definition) is 5. The van der Waals surface area contributed by atoms with Crippen LogP contribution in [-0.2, 0) is 19.6 Å². The van der Waals surface area contributed by atoms with Gasteiger partial charge < -0.3 is 10.5 Å². The predicted molar refractivity (Wildman–Crippen MR) is 74.3 cm³/mol. The normalized spacial score (nSPS) is 11.1. The number of methoxy groups -OCH3 is 1. The highest BCUT2D eigenvalue weighted by Crippen LogP contribution is 2.21. The van der Waals surface area contributed by atoms with Crippen LogP contribution in [0.2, 0.25) is 0 Å². The monoisotopic (exact) mass is 286 g/mol. The lowest BCUT2D eigenvalue weighted by atomic mass is 10.2. The summed E-state index contributed by atoms with van der Waals surface area (Å²) in [5, 5.41) is 0. The van der Waals surface area contributed by atoms with Gasteiger partial charge in [0.15, 0.2) is 0 Å². The van der Waals surface area contributed by atoms with Gasteiger partial charge in [0.1, 0.15) is 0 Å². The fourth-order valence-electron chi connectivity index (χ4n) is 1.49. The molecule has 1 aromatic rings. The Labute approximate surface area is 113 Å². The average molecular weight is 286 g/mol. The molecule has 0 amide bonds. The maximum Gasteiger partial charge on any atom is 0.305 e. The maximum absolute atomic E-state index is 11.8. The van der Waals surface area contributed by atoms with Crippen LogP contribution in [0.5, 0.6) is 0 Å². The number of carbonyl (C=O) groups excluding carboxylic acids is 1. The van der Waals surface area contributed by atoms with Crippen molar-refractivity contribution in [2.24, 2.45) is 0 Å². The molecule has 0 aliphatic heterocycles. The molecule has 0 spiro atoms. The van der Waals surface area contributed by atoms with Gasteiger partial charge in [-0.15, -0.1) is 0 Å². The Hall–Kier alpha value is -1.76. The van der Waals surface area contributed by atoms with E-state index in [-0.39, 0.29) is 18.6 Å². The second-order valence-corrected chi connectivity index (χ2v) is 5.96. The molecule has 7 heteroatoms. The largest absolute Gasteiger partial charge is 0.469 e. The fourth-order valence-corrected chi connectivity index (χ4v) is 2.67. The molecular weight excluding hydrogens is 268 g/mol. The highest BCUT2D eigenvalue weighted by molar-refractivity contribution is 7.92. The molecule has 106 valence electrons. The van der Waals surface area contributed by atoms with E-state index in [2.05, 4.69) is 9.46 Å². The van der Waals surface area contributed by atoms with Crippen molar-refractivity contribution in [2.75, 3.05) is 23.3 Å². The van der Waals surface area contributed by atoms with Gasteiger partial charge in [0.2, 0.25) is 10.0 Å². The van der Waals surface area contributed by atoms with Crippen LogP contribution >= 0.6 is 0 Å². The van der Waals surface area contributed by atoms with Crippen molar-refractivity contribution in [2.45, 2.75) is 19.8 Å². The summed E-state index contributed by atoms with van der Waals surface area (Å²) in [5.41, 5.74) is 7.36. The Bertz CT molecular complexity index is 555. The summed E-state index contributed by atoms with van der Waals surface area (Å²) in [5.74, 6) is -0.564. The highest BCUT2D eigenvalue weighted by Gasteiger charge is 2.13. The molecule has 0 radical (unpaired) electrons. The third-order valence-corrected chi connectivity index (χ3v) is 4.02. The second-order valence-electron chi connectivity index (χ2n) is 4.12. The molecule has 1 rings (SSSR count). The highest BCUT2D eigenvalue weighted by atomic mass is 32.2. The molecule has 0 aromatic heterocycles. The first-order chi connectivity index (χ1) is 8.85. The summed E-state index contributed by atoms with van der Waals surface area (Å²) in [6.07, 6.45) is 0.288. The average Bonchev–Trinajstić information content (AvgIpc) is 2.34. The number of nitrogen functional groups attached to an aromatic ring is 1. The van der Waals surface area contributed by atoms with Crippen LogP contribution in [0.1, 0.15) is 18.4 Å². The molecule has 0 fully saturated rings. The lowest BCUT2D eigenvalue weighted by molar-refractivity contribution is -0.140. The number of benzene rings is 1. The number of nitrogens with one attached hydrogen (secondary N) is 1. The van der Waals surface area contributed by atoms with Gasteiger partial charge in [-0.25, -0.2) is 8.42 Å². The maximum atomic E-state index is 11.8. The molecular formula is C12H18N2O4S. The fraction of sp³-hybridized carbons (Fsp3) is 0.417. The van der Waals surface area contributed by atoms with E-state index in [4.69, 9.17) is 5.73 Å².